The summed E-state index contributed by atoms with van der Waals surface area (Å²) in [5, 5.41) is 0. The molecule has 0 aromatic rings. The Labute approximate surface area is 87.3 Å². The molecule has 0 rings (SSSR count). The predicted octanol–water partition coefficient (Wildman–Crippen LogP) is 2.26. The van der Waals surface area contributed by atoms with Crippen molar-refractivity contribution in [3.05, 3.63) is 12.7 Å². The quantitative estimate of drug-likeness (QED) is 0.507. The molecule has 84 valence electrons. The van der Waals surface area contributed by atoms with Gasteiger partial charge in [-0.3, -0.25) is 4.79 Å². The van der Waals surface area contributed by atoms with Crippen LogP contribution in [0, 0.1) is 0 Å². The van der Waals surface area contributed by atoms with E-state index in [2.05, 4.69) is 26.2 Å². The van der Waals surface area contributed by atoms with Gasteiger partial charge in [0.25, 0.3) is 0 Å². The molecular weight excluding hydrogens is 178 g/mol. The number of unbranched alkanes of at least 4 members (excludes halogenated alkanes) is 2. The number of amides is 1. The molecule has 0 saturated carbocycles. The van der Waals surface area contributed by atoms with Crippen LogP contribution in [0.1, 0.15) is 39.5 Å². The standard InChI is InChI=1S/C8H18O.C3H5NO/c1-3-5-7-9-8-6-4-2;1-2-3(4)5/h3-8H2,1-2H3;2H,1H2,(H2,4,5). The van der Waals surface area contributed by atoms with Crippen molar-refractivity contribution in [3.8, 4) is 0 Å². The Morgan fingerprint density at radius 3 is 1.86 bits per heavy atom. The van der Waals surface area contributed by atoms with Crippen LogP contribution in [0.2, 0.25) is 0 Å². The fourth-order valence-electron chi connectivity index (χ4n) is 0.595. The second-order valence-corrected chi connectivity index (χ2v) is 2.93. The first kappa shape index (κ1) is 15.6. The van der Waals surface area contributed by atoms with E-state index < -0.39 is 5.91 Å². The van der Waals surface area contributed by atoms with Crippen LogP contribution < -0.4 is 5.73 Å². The molecule has 3 nitrogen and oxygen atoms in total. The minimum absolute atomic E-state index is 0.481. The summed E-state index contributed by atoms with van der Waals surface area (Å²) in [7, 11) is 0. The molecule has 2 N–H and O–H groups in total. The second kappa shape index (κ2) is 14.7. The normalized spacial score (nSPS) is 8.71. The third-order valence-corrected chi connectivity index (χ3v) is 1.49. The lowest BCUT2D eigenvalue weighted by molar-refractivity contribution is -0.113. The third kappa shape index (κ3) is 22.5. The maximum atomic E-state index is 9.47. The molecule has 0 aliphatic rings. The van der Waals surface area contributed by atoms with Crippen molar-refractivity contribution in [1.82, 2.24) is 0 Å². The number of nitrogens with two attached hydrogens (primary N) is 1. The summed E-state index contributed by atoms with van der Waals surface area (Å²) in [6.07, 6.45) is 5.96. The lowest BCUT2D eigenvalue weighted by atomic mass is 10.3. The topological polar surface area (TPSA) is 52.3 Å². The Balaban J connectivity index is 0. The van der Waals surface area contributed by atoms with Crippen molar-refractivity contribution in [2.24, 2.45) is 5.73 Å². The van der Waals surface area contributed by atoms with Gasteiger partial charge in [0.05, 0.1) is 0 Å². The summed E-state index contributed by atoms with van der Waals surface area (Å²) >= 11 is 0. The van der Waals surface area contributed by atoms with Gasteiger partial charge in [-0.1, -0.05) is 33.3 Å². The molecule has 0 radical (unpaired) electrons. The van der Waals surface area contributed by atoms with Gasteiger partial charge in [-0.2, -0.15) is 0 Å². The van der Waals surface area contributed by atoms with Gasteiger partial charge >= 0.3 is 0 Å². The Kier molecular flexibility index (Phi) is 16.4. The Morgan fingerprint density at radius 1 is 1.29 bits per heavy atom. The molecular formula is C11H23NO2. The summed E-state index contributed by atoms with van der Waals surface area (Å²) in [6.45, 7) is 9.36. The Hall–Kier alpha value is -0.830. The molecule has 0 aromatic heterocycles. The zero-order valence-corrected chi connectivity index (χ0v) is 9.42. The number of hydrogen-bond donors (Lipinski definition) is 1. The number of carbonyl (C=O) groups excluding carboxylic acids is 1. The van der Waals surface area contributed by atoms with E-state index in [1.807, 2.05) is 0 Å². The molecule has 0 saturated heterocycles. The maximum Gasteiger partial charge on any atom is 0.240 e. The van der Waals surface area contributed by atoms with E-state index in [0.717, 1.165) is 19.3 Å². The van der Waals surface area contributed by atoms with Gasteiger partial charge in [0.15, 0.2) is 0 Å². The van der Waals surface area contributed by atoms with Crippen LogP contribution in [-0.4, -0.2) is 19.1 Å². The monoisotopic (exact) mass is 201 g/mol. The molecule has 1 amide bonds. The highest BCUT2D eigenvalue weighted by atomic mass is 16.5. The molecule has 0 unspecified atom stereocenters. The summed E-state index contributed by atoms with van der Waals surface area (Å²) < 4.78 is 5.31. The molecule has 0 spiro atoms. The smallest absolute Gasteiger partial charge is 0.240 e. The van der Waals surface area contributed by atoms with Crippen molar-refractivity contribution in [2.75, 3.05) is 13.2 Å². The zero-order chi connectivity index (χ0) is 11.2. The number of hydrogen-bond acceptors (Lipinski definition) is 2. The van der Waals surface area contributed by atoms with Gasteiger partial charge in [-0.15, -0.1) is 0 Å². The van der Waals surface area contributed by atoms with Gasteiger partial charge in [-0.25, -0.2) is 0 Å². The fourth-order valence-corrected chi connectivity index (χ4v) is 0.595. The molecule has 0 heterocycles. The zero-order valence-electron chi connectivity index (χ0n) is 9.42. The summed E-state index contributed by atoms with van der Waals surface area (Å²) in [6, 6.07) is 0. The van der Waals surface area contributed by atoms with Crippen LogP contribution in [0.25, 0.3) is 0 Å². The largest absolute Gasteiger partial charge is 0.381 e. The molecule has 14 heavy (non-hydrogen) atoms. The average molecular weight is 201 g/mol. The van der Waals surface area contributed by atoms with E-state index in [0.29, 0.717) is 0 Å². The van der Waals surface area contributed by atoms with E-state index in [-0.39, 0.29) is 0 Å². The van der Waals surface area contributed by atoms with Crippen molar-refractivity contribution in [3.63, 3.8) is 0 Å². The predicted molar refractivity (Wildman–Crippen MR) is 60.0 cm³/mol. The SMILES string of the molecule is C=CC(N)=O.CCCCOCCCC. The molecule has 0 bridgehead atoms. The third-order valence-electron chi connectivity index (χ3n) is 1.49. The Bertz CT molecular complexity index is 129. The first-order chi connectivity index (χ1) is 6.68. The highest BCUT2D eigenvalue weighted by molar-refractivity contribution is 5.84. The highest BCUT2D eigenvalue weighted by Crippen LogP contribution is 1.91. The number of rotatable bonds is 7. The fraction of sp³-hybridized carbons (Fsp3) is 0.727. The van der Waals surface area contributed by atoms with Crippen LogP contribution >= 0.6 is 0 Å². The average Bonchev–Trinajstić information content (AvgIpc) is 2.19. The maximum absolute atomic E-state index is 9.47. The van der Waals surface area contributed by atoms with Crippen LogP contribution in [0.5, 0.6) is 0 Å². The van der Waals surface area contributed by atoms with E-state index in [4.69, 9.17) is 4.74 Å². The van der Waals surface area contributed by atoms with Gasteiger partial charge in [0.2, 0.25) is 5.91 Å². The highest BCUT2D eigenvalue weighted by Gasteiger charge is 1.84. The minimum atomic E-state index is -0.481. The summed E-state index contributed by atoms with van der Waals surface area (Å²) in [5.41, 5.74) is 4.53. The van der Waals surface area contributed by atoms with Crippen molar-refractivity contribution >= 4 is 5.91 Å². The van der Waals surface area contributed by atoms with Crippen molar-refractivity contribution in [2.45, 2.75) is 39.5 Å². The first-order valence-electron chi connectivity index (χ1n) is 5.18. The van der Waals surface area contributed by atoms with Crippen molar-refractivity contribution < 1.29 is 9.53 Å². The minimum Gasteiger partial charge on any atom is -0.381 e. The lowest BCUT2D eigenvalue weighted by Gasteiger charge is -1.99. The van der Waals surface area contributed by atoms with Crippen LogP contribution in [0.3, 0.4) is 0 Å². The van der Waals surface area contributed by atoms with Crippen LogP contribution in [0.4, 0.5) is 0 Å². The summed E-state index contributed by atoms with van der Waals surface area (Å²) in [5.74, 6) is -0.481. The molecule has 0 atom stereocenters. The van der Waals surface area contributed by atoms with E-state index >= 15 is 0 Å². The van der Waals surface area contributed by atoms with Gasteiger partial charge in [0, 0.05) is 13.2 Å². The number of primary amides is 1. The number of carbonyl (C=O) groups is 1. The number of ether oxygens (including phenoxy) is 1. The lowest BCUT2D eigenvalue weighted by Crippen LogP contribution is -2.04. The summed E-state index contributed by atoms with van der Waals surface area (Å²) in [4.78, 5) is 9.47. The van der Waals surface area contributed by atoms with Crippen LogP contribution in [-0.2, 0) is 9.53 Å². The molecule has 3 heteroatoms. The van der Waals surface area contributed by atoms with E-state index in [1.54, 1.807) is 0 Å². The Morgan fingerprint density at radius 2 is 1.64 bits per heavy atom. The van der Waals surface area contributed by atoms with Crippen molar-refractivity contribution in [1.29, 1.82) is 0 Å². The molecule has 0 aliphatic heterocycles. The molecule has 0 fully saturated rings. The van der Waals surface area contributed by atoms with Gasteiger partial charge in [0.1, 0.15) is 0 Å². The molecule has 0 aliphatic carbocycles. The van der Waals surface area contributed by atoms with E-state index in [9.17, 15) is 4.79 Å². The van der Waals surface area contributed by atoms with Gasteiger partial charge < -0.3 is 10.5 Å². The van der Waals surface area contributed by atoms with E-state index in [1.165, 1.54) is 25.7 Å². The first-order valence-corrected chi connectivity index (χ1v) is 5.18. The molecule has 0 aromatic carbocycles. The second-order valence-electron chi connectivity index (χ2n) is 2.93. The van der Waals surface area contributed by atoms with Gasteiger partial charge in [-0.05, 0) is 18.9 Å². The van der Waals surface area contributed by atoms with Crippen LogP contribution in [0.15, 0.2) is 12.7 Å².